The third-order valence-electron chi connectivity index (χ3n) is 5.39. The summed E-state index contributed by atoms with van der Waals surface area (Å²) in [5.74, 6) is 2.41. The van der Waals surface area contributed by atoms with Gasteiger partial charge in [-0.2, -0.15) is 0 Å². The minimum Gasteiger partial charge on any atom is -0.493 e. The predicted molar refractivity (Wildman–Crippen MR) is 123 cm³/mol. The van der Waals surface area contributed by atoms with Gasteiger partial charge in [0.1, 0.15) is 5.69 Å². The number of nitrogens with one attached hydrogen (secondary N) is 1. The van der Waals surface area contributed by atoms with E-state index >= 15 is 0 Å². The summed E-state index contributed by atoms with van der Waals surface area (Å²) in [4.78, 5) is 9.59. The van der Waals surface area contributed by atoms with Gasteiger partial charge in [0.2, 0.25) is 0 Å². The molecule has 1 N–H and O–H groups in total. The summed E-state index contributed by atoms with van der Waals surface area (Å²) < 4.78 is 16.4. The largest absolute Gasteiger partial charge is 0.493 e. The summed E-state index contributed by atoms with van der Waals surface area (Å²) in [5, 5.41) is 3.60. The highest BCUT2D eigenvalue weighted by Gasteiger charge is 2.26. The van der Waals surface area contributed by atoms with Crippen LogP contribution in [0.5, 0.6) is 11.5 Å². The maximum Gasteiger partial charge on any atom is 0.162 e. The Bertz CT molecular complexity index is 872. The Morgan fingerprint density at radius 3 is 2.47 bits per heavy atom. The zero-order valence-electron chi connectivity index (χ0n) is 19.0. The number of aryl methyl sites for hydroxylation is 2. The molecule has 0 saturated heterocycles. The van der Waals surface area contributed by atoms with Crippen molar-refractivity contribution in [1.82, 2.24) is 4.98 Å². The van der Waals surface area contributed by atoms with Crippen molar-refractivity contribution in [3.05, 3.63) is 29.5 Å². The first-order chi connectivity index (χ1) is 14.5. The molecule has 1 aromatic carbocycles. The SMILES string of the molecule is CCCN(CCOC)c1cc(C)nc2c1NCCN2c1cc(OC)c(OC)cc1C. The van der Waals surface area contributed by atoms with Gasteiger partial charge in [0.25, 0.3) is 0 Å². The van der Waals surface area contributed by atoms with Crippen LogP contribution < -0.4 is 24.6 Å². The quantitative estimate of drug-likeness (QED) is 0.662. The smallest absolute Gasteiger partial charge is 0.162 e. The first kappa shape index (κ1) is 22.0. The number of rotatable bonds is 9. The number of fused-ring (bicyclic) bond motifs is 1. The molecule has 0 fully saturated rings. The van der Waals surface area contributed by atoms with E-state index < -0.39 is 0 Å². The average molecular weight is 415 g/mol. The highest BCUT2D eigenvalue weighted by molar-refractivity contribution is 5.87. The van der Waals surface area contributed by atoms with Crippen LogP contribution in [0.3, 0.4) is 0 Å². The number of nitrogens with zero attached hydrogens (tertiary/aromatic N) is 3. The van der Waals surface area contributed by atoms with Crippen LogP contribution in [0.15, 0.2) is 18.2 Å². The zero-order valence-corrected chi connectivity index (χ0v) is 19.0. The third-order valence-corrected chi connectivity index (χ3v) is 5.39. The number of hydrogen-bond donors (Lipinski definition) is 1. The Morgan fingerprint density at radius 1 is 1.07 bits per heavy atom. The molecule has 0 atom stereocenters. The Morgan fingerprint density at radius 2 is 1.80 bits per heavy atom. The zero-order chi connectivity index (χ0) is 21.7. The Hall–Kier alpha value is -2.67. The molecule has 0 bridgehead atoms. The van der Waals surface area contributed by atoms with E-state index in [2.05, 4.69) is 42.0 Å². The topological polar surface area (TPSA) is 59.1 Å². The fourth-order valence-corrected chi connectivity index (χ4v) is 3.97. The van der Waals surface area contributed by atoms with Crippen molar-refractivity contribution in [3.8, 4) is 11.5 Å². The standard InChI is InChI=1S/C23H34N4O3/c1-7-9-26(11-12-28-4)19-14-17(3)25-23-22(19)24-8-10-27(23)18-15-21(30-6)20(29-5)13-16(18)2/h13-15,24H,7-12H2,1-6H3. The van der Waals surface area contributed by atoms with E-state index in [1.807, 2.05) is 12.1 Å². The van der Waals surface area contributed by atoms with Gasteiger partial charge in [-0.3, -0.25) is 0 Å². The number of methoxy groups -OCH3 is 3. The van der Waals surface area contributed by atoms with Crippen LogP contribution in [0.2, 0.25) is 0 Å². The highest BCUT2D eigenvalue weighted by atomic mass is 16.5. The first-order valence-electron chi connectivity index (χ1n) is 10.5. The molecular formula is C23H34N4O3. The summed E-state index contributed by atoms with van der Waals surface area (Å²) >= 11 is 0. The van der Waals surface area contributed by atoms with Crippen LogP contribution in [0.4, 0.5) is 22.9 Å². The number of pyridine rings is 1. The number of benzene rings is 1. The van der Waals surface area contributed by atoms with E-state index in [1.54, 1.807) is 21.3 Å². The van der Waals surface area contributed by atoms with Gasteiger partial charge in [-0.1, -0.05) is 6.92 Å². The molecule has 164 valence electrons. The molecule has 1 aliphatic rings. The van der Waals surface area contributed by atoms with Gasteiger partial charge in [0, 0.05) is 50.7 Å². The minimum atomic E-state index is 0.689. The maximum absolute atomic E-state index is 5.56. The molecule has 0 saturated carbocycles. The maximum atomic E-state index is 5.56. The van der Waals surface area contributed by atoms with Gasteiger partial charge >= 0.3 is 0 Å². The number of ether oxygens (including phenoxy) is 3. The van der Waals surface area contributed by atoms with Crippen LogP contribution >= 0.6 is 0 Å². The van der Waals surface area contributed by atoms with Crippen LogP contribution in [-0.4, -0.2) is 59.1 Å². The van der Waals surface area contributed by atoms with Crippen molar-refractivity contribution in [2.75, 3.05) is 69.2 Å². The van der Waals surface area contributed by atoms with Crippen molar-refractivity contribution >= 4 is 22.9 Å². The third kappa shape index (κ3) is 4.41. The molecule has 0 spiro atoms. The van der Waals surface area contributed by atoms with Crippen LogP contribution in [0.25, 0.3) is 0 Å². The predicted octanol–water partition coefficient (Wildman–Crippen LogP) is 4.14. The van der Waals surface area contributed by atoms with Gasteiger partial charge in [0.05, 0.1) is 26.5 Å². The lowest BCUT2D eigenvalue weighted by molar-refractivity contribution is 0.205. The molecule has 7 nitrogen and oxygen atoms in total. The van der Waals surface area contributed by atoms with E-state index in [-0.39, 0.29) is 0 Å². The molecular weight excluding hydrogens is 380 g/mol. The minimum absolute atomic E-state index is 0.689. The molecule has 3 rings (SSSR count). The van der Waals surface area contributed by atoms with Crippen molar-refractivity contribution in [2.45, 2.75) is 27.2 Å². The second-order valence-corrected chi connectivity index (χ2v) is 7.53. The highest BCUT2D eigenvalue weighted by Crippen LogP contribution is 2.43. The van der Waals surface area contributed by atoms with Crippen LogP contribution in [0, 0.1) is 13.8 Å². The summed E-state index contributed by atoms with van der Waals surface area (Å²) in [6.07, 6.45) is 1.07. The molecule has 30 heavy (non-hydrogen) atoms. The molecule has 2 heterocycles. The first-order valence-corrected chi connectivity index (χ1v) is 10.5. The Balaban J connectivity index is 2.09. The van der Waals surface area contributed by atoms with E-state index in [1.165, 1.54) is 5.69 Å². The normalized spacial score (nSPS) is 12.9. The fraction of sp³-hybridized carbons (Fsp3) is 0.522. The number of anilines is 4. The number of hydrogen-bond acceptors (Lipinski definition) is 7. The van der Waals surface area contributed by atoms with Crippen molar-refractivity contribution < 1.29 is 14.2 Å². The summed E-state index contributed by atoms with van der Waals surface area (Å²) in [7, 11) is 5.08. The van der Waals surface area contributed by atoms with Gasteiger partial charge in [-0.25, -0.2) is 4.98 Å². The lowest BCUT2D eigenvalue weighted by Gasteiger charge is -2.36. The van der Waals surface area contributed by atoms with Gasteiger partial charge in [0.15, 0.2) is 17.3 Å². The monoisotopic (exact) mass is 414 g/mol. The van der Waals surface area contributed by atoms with E-state index in [0.717, 1.165) is 72.5 Å². The summed E-state index contributed by atoms with van der Waals surface area (Å²) in [5.41, 5.74) is 5.45. The Labute approximate surface area is 179 Å². The number of aromatic nitrogens is 1. The lowest BCUT2D eigenvalue weighted by Crippen LogP contribution is -2.35. The van der Waals surface area contributed by atoms with Crippen molar-refractivity contribution in [2.24, 2.45) is 0 Å². The molecule has 2 aromatic rings. The van der Waals surface area contributed by atoms with Crippen LogP contribution in [-0.2, 0) is 4.74 Å². The molecule has 1 aliphatic heterocycles. The van der Waals surface area contributed by atoms with Crippen molar-refractivity contribution in [1.29, 1.82) is 0 Å². The molecule has 1 aromatic heterocycles. The van der Waals surface area contributed by atoms with E-state index in [4.69, 9.17) is 19.2 Å². The second kappa shape index (κ2) is 9.89. The molecule has 0 amide bonds. The Kier molecular flexibility index (Phi) is 7.26. The molecule has 7 heteroatoms. The molecule has 0 unspecified atom stereocenters. The van der Waals surface area contributed by atoms with Gasteiger partial charge in [-0.05, 0) is 38.0 Å². The van der Waals surface area contributed by atoms with Gasteiger partial charge < -0.3 is 29.3 Å². The van der Waals surface area contributed by atoms with Gasteiger partial charge in [-0.15, -0.1) is 0 Å². The summed E-state index contributed by atoms with van der Waals surface area (Å²) in [6, 6.07) is 6.23. The van der Waals surface area contributed by atoms with Crippen LogP contribution in [0.1, 0.15) is 24.6 Å². The van der Waals surface area contributed by atoms with Crippen molar-refractivity contribution in [3.63, 3.8) is 0 Å². The van der Waals surface area contributed by atoms with E-state index in [9.17, 15) is 0 Å². The molecule has 0 aliphatic carbocycles. The average Bonchev–Trinajstić information content (AvgIpc) is 2.75. The summed E-state index contributed by atoms with van der Waals surface area (Å²) in [6.45, 7) is 10.5. The molecule has 0 radical (unpaired) electrons. The lowest BCUT2D eigenvalue weighted by atomic mass is 10.1. The fourth-order valence-electron chi connectivity index (χ4n) is 3.97. The van der Waals surface area contributed by atoms with E-state index in [0.29, 0.717) is 6.61 Å². The second-order valence-electron chi connectivity index (χ2n) is 7.53.